The molecule has 1 fully saturated rings. The Morgan fingerprint density at radius 2 is 1.84 bits per heavy atom. The smallest absolute Gasteiger partial charge is 0.282 e. The van der Waals surface area contributed by atoms with E-state index in [9.17, 15) is 4.79 Å². The fourth-order valence-corrected chi connectivity index (χ4v) is 5.04. The van der Waals surface area contributed by atoms with Crippen LogP contribution in [0.2, 0.25) is 5.02 Å². The Morgan fingerprint density at radius 3 is 2.59 bits per heavy atom. The summed E-state index contributed by atoms with van der Waals surface area (Å²) in [5.74, 6) is 1.90. The molecule has 3 aromatic carbocycles. The van der Waals surface area contributed by atoms with E-state index in [2.05, 4.69) is 5.10 Å². The monoisotopic (exact) mass is 515 g/mol. The predicted molar refractivity (Wildman–Crippen MR) is 148 cm³/mol. The van der Waals surface area contributed by atoms with Crippen LogP contribution in [0.5, 0.6) is 11.5 Å². The molecule has 0 radical (unpaired) electrons. The molecule has 0 N–H and O–H groups in total. The average Bonchev–Trinajstić information content (AvgIpc) is 2.93. The van der Waals surface area contributed by atoms with E-state index < -0.39 is 0 Å². The molecule has 1 heterocycles. The minimum Gasteiger partial charge on any atom is -0.493 e. The molecule has 190 valence electrons. The Balaban J connectivity index is 1.56. The lowest BCUT2D eigenvalue weighted by molar-refractivity contribution is 0.284. The molecule has 1 aromatic heterocycles. The Bertz CT molecular complexity index is 1490. The number of benzene rings is 3. The number of nitrogens with zero attached hydrogens (tertiary/aromatic N) is 3. The van der Waals surface area contributed by atoms with Gasteiger partial charge in [-0.2, -0.15) is 9.78 Å². The van der Waals surface area contributed by atoms with E-state index >= 15 is 0 Å². The zero-order valence-electron chi connectivity index (χ0n) is 21.1. The average molecular weight is 516 g/mol. The Labute approximate surface area is 221 Å². The highest BCUT2D eigenvalue weighted by Crippen LogP contribution is 2.35. The summed E-state index contributed by atoms with van der Waals surface area (Å²) in [6.07, 6.45) is 7.07. The molecule has 1 saturated carbocycles. The number of hydrogen-bond acceptors (Lipinski definition) is 5. The molecule has 1 aliphatic carbocycles. The van der Waals surface area contributed by atoms with Crippen molar-refractivity contribution in [3.8, 4) is 11.5 Å². The summed E-state index contributed by atoms with van der Waals surface area (Å²) < 4.78 is 13.2. The van der Waals surface area contributed by atoms with Crippen molar-refractivity contribution in [3.63, 3.8) is 0 Å². The molecule has 6 nitrogen and oxygen atoms in total. The highest BCUT2D eigenvalue weighted by atomic mass is 35.5. The van der Waals surface area contributed by atoms with Gasteiger partial charge in [0.1, 0.15) is 12.4 Å². The van der Waals surface area contributed by atoms with E-state index in [0.717, 1.165) is 31.2 Å². The van der Waals surface area contributed by atoms with Gasteiger partial charge in [-0.25, -0.2) is 4.98 Å². The van der Waals surface area contributed by atoms with Crippen molar-refractivity contribution in [1.29, 1.82) is 0 Å². The van der Waals surface area contributed by atoms with Crippen LogP contribution in [0, 0.1) is 6.92 Å². The van der Waals surface area contributed by atoms with Crippen LogP contribution in [0.3, 0.4) is 0 Å². The SMILES string of the molecule is COc1cc(Cl)cc(C=Nn2c(C3CCCCC3)nc3ccccc3c2=O)c1OCc1ccc(C)cc1. The first-order valence-electron chi connectivity index (χ1n) is 12.7. The summed E-state index contributed by atoms with van der Waals surface area (Å²) in [5, 5.41) is 5.69. The lowest BCUT2D eigenvalue weighted by Gasteiger charge is -2.22. The lowest BCUT2D eigenvalue weighted by atomic mass is 9.88. The maximum absolute atomic E-state index is 13.6. The van der Waals surface area contributed by atoms with Crippen LogP contribution in [0.15, 0.2) is 70.6 Å². The van der Waals surface area contributed by atoms with Crippen molar-refractivity contribution in [1.82, 2.24) is 9.66 Å². The van der Waals surface area contributed by atoms with E-state index in [1.165, 1.54) is 16.7 Å². The maximum Gasteiger partial charge on any atom is 0.282 e. The first kappa shape index (κ1) is 25.0. The van der Waals surface area contributed by atoms with Gasteiger partial charge in [0.05, 0.1) is 24.2 Å². The van der Waals surface area contributed by atoms with Crippen molar-refractivity contribution in [2.75, 3.05) is 7.11 Å². The van der Waals surface area contributed by atoms with Gasteiger partial charge in [-0.15, -0.1) is 0 Å². The van der Waals surface area contributed by atoms with Crippen LogP contribution in [0.25, 0.3) is 10.9 Å². The minimum atomic E-state index is -0.182. The summed E-state index contributed by atoms with van der Waals surface area (Å²) in [5.41, 5.74) is 3.35. The third-order valence-electron chi connectivity index (χ3n) is 6.83. The van der Waals surface area contributed by atoms with Crippen LogP contribution in [-0.2, 0) is 6.61 Å². The second-order valence-corrected chi connectivity index (χ2v) is 9.92. The predicted octanol–water partition coefficient (Wildman–Crippen LogP) is 6.88. The van der Waals surface area contributed by atoms with E-state index in [4.69, 9.17) is 26.1 Å². The van der Waals surface area contributed by atoms with Crippen LogP contribution in [0.1, 0.15) is 60.5 Å². The second kappa shape index (κ2) is 11.2. The molecule has 0 atom stereocenters. The van der Waals surface area contributed by atoms with Gasteiger partial charge < -0.3 is 9.47 Å². The Hall–Kier alpha value is -3.64. The molecule has 37 heavy (non-hydrogen) atoms. The molecule has 4 aromatic rings. The fraction of sp³-hybridized carbons (Fsp3) is 0.300. The van der Waals surface area contributed by atoms with Crippen molar-refractivity contribution in [2.45, 2.75) is 51.6 Å². The fourth-order valence-electron chi connectivity index (χ4n) is 4.83. The third kappa shape index (κ3) is 5.54. The Morgan fingerprint density at radius 1 is 1.08 bits per heavy atom. The standard InChI is InChI=1S/C30H30ClN3O3/c1-20-12-14-21(15-13-20)19-37-28-23(16-24(31)17-27(28)36-2)18-32-34-29(22-8-4-3-5-9-22)33-26-11-7-6-10-25(26)30(34)35/h6-7,10-18,22H,3-5,8-9,19H2,1-2H3. The quantitative estimate of drug-likeness (QED) is 0.252. The summed E-state index contributed by atoms with van der Waals surface area (Å²) in [6, 6.07) is 19.1. The summed E-state index contributed by atoms with van der Waals surface area (Å²) >= 11 is 6.40. The highest BCUT2D eigenvalue weighted by molar-refractivity contribution is 6.31. The summed E-state index contributed by atoms with van der Waals surface area (Å²) in [7, 11) is 1.57. The molecule has 1 aliphatic rings. The molecule has 0 aliphatic heterocycles. The molecule has 7 heteroatoms. The number of halogens is 1. The van der Waals surface area contributed by atoms with Crippen LogP contribution in [-0.4, -0.2) is 23.0 Å². The third-order valence-corrected chi connectivity index (χ3v) is 7.05. The van der Waals surface area contributed by atoms with E-state index in [-0.39, 0.29) is 11.5 Å². The minimum absolute atomic E-state index is 0.182. The molecular weight excluding hydrogens is 486 g/mol. The number of hydrogen-bond donors (Lipinski definition) is 0. The molecular formula is C30H30ClN3O3. The number of rotatable bonds is 7. The van der Waals surface area contributed by atoms with E-state index in [1.54, 1.807) is 31.5 Å². The van der Waals surface area contributed by atoms with Crippen molar-refractivity contribution in [2.24, 2.45) is 5.10 Å². The molecule has 5 rings (SSSR count). The van der Waals surface area contributed by atoms with Gasteiger partial charge in [0.15, 0.2) is 11.5 Å². The van der Waals surface area contributed by atoms with Crippen LogP contribution in [0.4, 0.5) is 0 Å². The Kier molecular flexibility index (Phi) is 7.56. The molecule has 0 bridgehead atoms. The van der Waals surface area contributed by atoms with Crippen molar-refractivity contribution in [3.05, 3.63) is 98.6 Å². The number of ether oxygens (including phenoxy) is 2. The number of aromatic nitrogens is 2. The van der Waals surface area contributed by atoms with E-state index in [0.29, 0.717) is 45.4 Å². The van der Waals surface area contributed by atoms with Crippen LogP contribution < -0.4 is 15.0 Å². The maximum atomic E-state index is 13.6. The largest absolute Gasteiger partial charge is 0.493 e. The van der Waals surface area contributed by atoms with Gasteiger partial charge in [-0.1, -0.05) is 72.8 Å². The summed E-state index contributed by atoms with van der Waals surface area (Å²) in [6.45, 7) is 2.40. The zero-order chi connectivity index (χ0) is 25.8. The number of para-hydroxylation sites is 1. The van der Waals surface area contributed by atoms with Gasteiger partial charge in [-0.3, -0.25) is 4.79 Å². The van der Waals surface area contributed by atoms with Crippen molar-refractivity contribution < 1.29 is 9.47 Å². The highest BCUT2D eigenvalue weighted by Gasteiger charge is 2.22. The molecule has 0 amide bonds. The number of aryl methyl sites for hydroxylation is 1. The van der Waals surface area contributed by atoms with Gasteiger partial charge in [0.25, 0.3) is 5.56 Å². The molecule has 0 saturated heterocycles. The van der Waals surface area contributed by atoms with Crippen LogP contribution >= 0.6 is 11.6 Å². The topological polar surface area (TPSA) is 65.7 Å². The first-order chi connectivity index (χ1) is 18.0. The van der Waals surface area contributed by atoms with Gasteiger partial charge in [0.2, 0.25) is 0 Å². The normalized spacial score (nSPS) is 14.4. The molecule has 0 unspecified atom stereocenters. The second-order valence-electron chi connectivity index (χ2n) is 9.48. The summed E-state index contributed by atoms with van der Waals surface area (Å²) in [4.78, 5) is 18.4. The van der Waals surface area contributed by atoms with Gasteiger partial charge in [-0.05, 0) is 43.5 Å². The zero-order valence-corrected chi connectivity index (χ0v) is 21.9. The van der Waals surface area contributed by atoms with Crippen molar-refractivity contribution >= 4 is 28.7 Å². The number of methoxy groups -OCH3 is 1. The van der Waals surface area contributed by atoms with E-state index in [1.807, 2.05) is 49.4 Å². The number of fused-ring (bicyclic) bond motifs is 1. The molecule has 0 spiro atoms. The first-order valence-corrected chi connectivity index (χ1v) is 13.0. The van der Waals surface area contributed by atoms with Gasteiger partial charge in [0, 0.05) is 22.6 Å². The van der Waals surface area contributed by atoms with Gasteiger partial charge >= 0.3 is 0 Å². The lowest BCUT2D eigenvalue weighted by Crippen LogP contribution is -2.25.